The first-order valence-electron chi connectivity index (χ1n) is 5.75. The van der Waals surface area contributed by atoms with E-state index in [1.165, 1.54) is 18.3 Å². The molecule has 0 radical (unpaired) electrons. The van der Waals surface area contributed by atoms with Crippen LogP contribution in [0.2, 0.25) is 0 Å². The maximum atomic E-state index is 10.7. The molecule has 1 aromatic rings. The summed E-state index contributed by atoms with van der Waals surface area (Å²) in [6.07, 6.45) is 3.38. The number of pyridine rings is 1. The summed E-state index contributed by atoms with van der Waals surface area (Å²) in [7, 11) is 0. The molecule has 5 heteroatoms. The van der Waals surface area contributed by atoms with Crippen molar-refractivity contribution in [1.82, 2.24) is 4.98 Å². The highest BCUT2D eigenvalue weighted by Gasteiger charge is 2.03. The summed E-state index contributed by atoms with van der Waals surface area (Å²) in [4.78, 5) is 14.8. The number of hydrogen-bond acceptors (Lipinski definition) is 4. The van der Waals surface area contributed by atoms with E-state index in [9.17, 15) is 4.79 Å². The number of nitrogens with one attached hydrogen (secondary N) is 1. The van der Waals surface area contributed by atoms with E-state index >= 15 is 0 Å². The molecule has 0 unspecified atom stereocenters. The van der Waals surface area contributed by atoms with Crippen LogP contribution in [-0.4, -0.2) is 35.8 Å². The summed E-state index contributed by atoms with van der Waals surface area (Å²) in [6, 6.07) is 2.99. The van der Waals surface area contributed by atoms with Gasteiger partial charge in [0, 0.05) is 26.0 Å². The Kier molecular flexibility index (Phi) is 6.03. The van der Waals surface area contributed by atoms with Crippen molar-refractivity contribution in [3.63, 3.8) is 0 Å². The van der Waals surface area contributed by atoms with Crippen LogP contribution in [0.15, 0.2) is 18.3 Å². The molecule has 1 rings (SSSR count). The Morgan fingerprint density at radius 3 is 3.06 bits per heavy atom. The standard InChI is InChI=1S/C12H18N2O3/c1-2-7-17-8-3-5-13-11-9-10(12(15)16)4-6-14-11/h4,6,9H,2-3,5,7-8H2,1H3,(H,13,14)(H,15,16). The minimum atomic E-state index is -0.943. The SMILES string of the molecule is CCCOCCCNc1cc(C(=O)O)ccn1. The summed E-state index contributed by atoms with van der Waals surface area (Å²) < 4.78 is 5.33. The van der Waals surface area contributed by atoms with Crippen LogP contribution in [-0.2, 0) is 4.74 Å². The number of carboxylic acids is 1. The van der Waals surface area contributed by atoms with Crippen LogP contribution in [0.1, 0.15) is 30.1 Å². The first kappa shape index (κ1) is 13.4. The normalized spacial score (nSPS) is 10.2. The third kappa shape index (κ3) is 5.31. The summed E-state index contributed by atoms with van der Waals surface area (Å²) >= 11 is 0. The van der Waals surface area contributed by atoms with Gasteiger partial charge < -0.3 is 15.2 Å². The quantitative estimate of drug-likeness (QED) is 0.678. The summed E-state index contributed by atoms with van der Waals surface area (Å²) in [5.74, 6) is -0.359. The Balaban J connectivity index is 2.27. The molecular weight excluding hydrogens is 220 g/mol. The lowest BCUT2D eigenvalue weighted by atomic mass is 10.2. The van der Waals surface area contributed by atoms with E-state index in [0.29, 0.717) is 12.4 Å². The van der Waals surface area contributed by atoms with Gasteiger partial charge in [0.2, 0.25) is 0 Å². The second kappa shape index (κ2) is 7.62. The van der Waals surface area contributed by atoms with Crippen molar-refractivity contribution in [3.8, 4) is 0 Å². The first-order chi connectivity index (χ1) is 8.24. The van der Waals surface area contributed by atoms with Gasteiger partial charge in [0.15, 0.2) is 0 Å². The topological polar surface area (TPSA) is 71.5 Å². The van der Waals surface area contributed by atoms with E-state index in [4.69, 9.17) is 9.84 Å². The molecular formula is C12H18N2O3. The number of carboxylic acid groups (broad SMARTS) is 1. The molecule has 0 aliphatic heterocycles. The number of rotatable bonds is 8. The highest BCUT2D eigenvalue weighted by molar-refractivity contribution is 5.88. The van der Waals surface area contributed by atoms with E-state index < -0.39 is 5.97 Å². The van der Waals surface area contributed by atoms with Crippen LogP contribution in [0.25, 0.3) is 0 Å². The highest BCUT2D eigenvalue weighted by atomic mass is 16.5. The van der Waals surface area contributed by atoms with Crippen molar-refractivity contribution in [2.45, 2.75) is 19.8 Å². The van der Waals surface area contributed by atoms with Gasteiger partial charge in [-0.2, -0.15) is 0 Å². The van der Waals surface area contributed by atoms with Gasteiger partial charge in [0.1, 0.15) is 5.82 Å². The third-order valence-electron chi connectivity index (χ3n) is 2.13. The predicted molar refractivity (Wildman–Crippen MR) is 65.4 cm³/mol. The summed E-state index contributed by atoms with van der Waals surface area (Å²) in [6.45, 7) is 4.28. The molecule has 0 aromatic carbocycles. The minimum Gasteiger partial charge on any atom is -0.478 e. The van der Waals surface area contributed by atoms with Gasteiger partial charge in [-0.15, -0.1) is 0 Å². The van der Waals surface area contributed by atoms with Gasteiger partial charge in [0.25, 0.3) is 0 Å². The van der Waals surface area contributed by atoms with E-state index in [2.05, 4.69) is 17.2 Å². The average molecular weight is 238 g/mol. The first-order valence-corrected chi connectivity index (χ1v) is 5.75. The summed E-state index contributed by atoms with van der Waals surface area (Å²) in [5.41, 5.74) is 0.240. The monoisotopic (exact) mass is 238 g/mol. The molecule has 0 fully saturated rings. The fraction of sp³-hybridized carbons (Fsp3) is 0.500. The average Bonchev–Trinajstić information content (AvgIpc) is 2.34. The highest BCUT2D eigenvalue weighted by Crippen LogP contribution is 2.06. The number of nitrogens with zero attached hydrogens (tertiary/aromatic N) is 1. The van der Waals surface area contributed by atoms with Crippen molar-refractivity contribution in [2.75, 3.05) is 25.1 Å². The third-order valence-corrected chi connectivity index (χ3v) is 2.13. The van der Waals surface area contributed by atoms with Crippen molar-refractivity contribution in [3.05, 3.63) is 23.9 Å². The van der Waals surface area contributed by atoms with Gasteiger partial charge in [-0.25, -0.2) is 9.78 Å². The lowest BCUT2D eigenvalue weighted by Gasteiger charge is -2.06. The Morgan fingerprint density at radius 2 is 2.35 bits per heavy atom. The molecule has 94 valence electrons. The maximum absolute atomic E-state index is 10.7. The van der Waals surface area contributed by atoms with Crippen LogP contribution in [0.5, 0.6) is 0 Å². The Bertz CT molecular complexity index is 355. The Hall–Kier alpha value is -1.62. The zero-order valence-corrected chi connectivity index (χ0v) is 9.98. The number of aromatic nitrogens is 1. The van der Waals surface area contributed by atoms with Gasteiger partial charge in [0.05, 0.1) is 5.56 Å². The largest absolute Gasteiger partial charge is 0.478 e. The molecule has 1 heterocycles. The molecule has 17 heavy (non-hydrogen) atoms. The van der Waals surface area contributed by atoms with Crippen LogP contribution < -0.4 is 5.32 Å². The minimum absolute atomic E-state index is 0.240. The van der Waals surface area contributed by atoms with Gasteiger partial charge in [-0.05, 0) is 25.0 Å². The maximum Gasteiger partial charge on any atom is 0.335 e. The number of aromatic carboxylic acids is 1. The molecule has 1 aromatic heterocycles. The molecule has 0 aliphatic rings. The fourth-order valence-electron chi connectivity index (χ4n) is 1.30. The molecule has 0 spiro atoms. The molecule has 2 N–H and O–H groups in total. The van der Waals surface area contributed by atoms with Gasteiger partial charge >= 0.3 is 5.97 Å². The van der Waals surface area contributed by atoms with Crippen molar-refractivity contribution in [1.29, 1.82) is 0 Å². The van der Waals surface area contributed by atoms with E-state index in [-0.39, 0.29) is 5.56 Å². The Morgan fingerprint density at radius 1 is 1.53 bits per heavy atom. The second-order valence-electron chi connectivity index (χ2n) is 3.63. The number of anilines is 1. The molecule has 0 aliphatic carbocycles. The molecule has 5 nitrogen and oxygen atoms in total. The van der Waals surface area contributed by atoms with Gasteiger partial charge in [-0.1, -0.05) is 6.92 Å². The van der Waals surface area contributed by atoms with Crippen LogP contribution in [0.4, 0.5) is 5.82 Å². The number of hydrogen-bond donors (Lipinski definition) is 2. The van der Waals surface area contributed by atoms with Crippen molar-refractivity contribution < 1.29 is 14.6 Å². The molecule has 0 saturated heterocycles. The lowest BCUT2D eigenvalue weighted by molar-refractivity contribution is 0.0697. The van der Waals surface area contributed by atoms with Crippen LogP contribution in [0, 0.1) is 0 Å². The molecule has 0 atom stereocenters. The number of carbonyl (C=O) groups is 1. The molecule has 0 amide bonds. The van der Waals surface area contributed by atoms with Crippen molar-refractivity contribution >= 4 is 11.8 Å². The van der Waals surface area contributed by atoms with E-state index in [1.807, 2.05) is 0 Å². The second-order valence-corrected chi connectivity index (χ2v) is 3.63. The predicted octanol–water partition coefficient (Wildman–Crippen LogP) is 2.01. The Labute approximate surface area is 101 Å². The zero-order chi connectivity index (χ0) is 12.5. The lowest BCUT2D eigenvalue weighted by Crippen LogP contribution is -2.08. The number of ether oxygens (including phenoxy) is 1. The van der Waals surface area contributed by atoms with E-state index in [1.54, 1.807) is 0 Å². The fourth-order valence-corrected chi connectivity index (χ4v) is 1.30. The zero-order valence-electron chi connectivity index (χ0n) is 9.98. The van der Waals surface area contributed by atoms with Crippen LogP contribution in [0.3, 0.4) is 0 Å². The van der Waals surface area contributed by atoms with E-state index in [0.717, 1.165) is 26.0 Å². The van der Waals surface area contributed by atoms with Crippen molar-refractivity contribution in [2.24, 2.45) is 0 Å². The molecule has 0 saturated carbocycles. The van der Waals surface area contributed by atoms with Crippen LogP contribution >= 0.6 is 0 Å². The smallest absolute Gasteiger partial charge is 0.335 e. The summed E-state index contributed by atoms with van der Waals surface area (Å²) in [5, 5.41) is 11.9. The molecule has 0 bridgehead atoms. The van der Waals surface area contributed by atoms with Gasteiger partial charge in [-0.3, -0.25) is 0 Å².